The van der Waals surface area contributed by atoms with Gasteiger partial charge in [-0.05, 0) is 34.5 Å². The van der Waals surface area contributed by atoms with Gasteiger partial charge in [-0.2, -0.15) is 10.4 Å². The Hall–Kier alpha value is -2.97. The molecule has 1 aliphatic heterocycles. The van der Waals surface area contributed by atoms with Crippen LogP contribution >= 0.6 is 15.9 Å². The second kappa shape index (κ2) is 8.59. The van der Waals surface area contributed by atoms with Crippen LogP contribution in [0.25, 0.3) is 0 Å². The predicted molar refractivity (Wildman–Crippen MR) is 103 cm³/mol. The third kappa shape index (κ3) is 4.23. The zero-order valence-corrected chi connectivity index (χ0v) is 16.9. The van der Waals surface area contributed by atoms with Crippen LogP contribution in [0.3, 0.4) is 0 Å². The second-order valence-electron chi connectivity index (χ2n) is 6.33. The Balaban J connectivity index is 1.95. The zero-order chi connectivity index (χ0) is 21.1. The number of nitriles is 1. The van der Waals surface area contributed by atoms with Crippen molar-refractivity contribution in [2.45, 2.75) is 12.5 Å². The fourth-order valence-electron chi connectivity index (χ4n) is 3.05. The molecule has 1 amide bonds. The van der Waals surface area contributed by atoms with Gasteiger partial charge in [-0.3, -0.25) is 9.48 Å². The first-order valence-electron chi connectivity index (χ1n) is 8.56. The van der Waals surface area contributed by atoms with E-state index in [9.17, 15) is 19.2 Å². The summed E-state index contributed by atoms with van der Waals surface area (Å²) in [6.07, 6.45) is 1.98. The molecular formula is C18H17BrFN5O4. The number of hydrogen-bond donors (Lipinski definition) is 2. The van der Waals surface area contributed by atoms with E-state index in [0.29, 0.717) is 13.0 Å². The van der Waals surface area contributed by atoms with Gasteiger partial charge in [0.2, 0.25) is 0 Å². The molecule has 0 saturated carbocycles. The number of carbonyl (C=O) groups excluding carboxylic acids is 2. The van der Waals surface area contributed by atoms with Crippen molar-refractivity contribution in [2.75, 3.05) is 25.6 Å². The van der Waals surface area contributed by atoms with Crippen molar-refractivity contribution in [1.82, 2.24) is 9.78 Å². The molecule has 2 atom stereocenters. The number of hydrogen-bond acceptors (Lipinski definition) is 7. The van der Waals surface area contributed by atoms with E-state index in [2.05, 4.69) is 37.2 Å². The van der Waals surface area contributed by atoms with Gasteiger partial charge >= 0.3 is 5.97 Å². The van der Waals surface area contributed by atoms with Crippen LogP contribution in [0.1, 0.15) is 33.2 Å². The number of rotatable bonds is 5. The Morgan fingerprint density at radius 3 is 2.90 bits per heavy atom. The van der Waals surface area contributed by atoms with Crippen molar-refractivity contribution in [3.8, 4) is 6.07 Å². The second-order valence-corrected chi connectivity index (χ2v) is 7.19. The average Bonchev–Trinajstić information content (AvgIpc) is 3.11. The first-order chi connectivity index (χ1) is 13.8. The maximum absolute atomic E-state index is 14.4. The molecule has 3 rings (SSSR count). The summed E-state index contributed by atoms with van der Waals surface area (Å²) >= 11 is 3.13. The molecule has 0 aliphatic carbocycles. The lowest BCUT2D eigenvalue weighted by Gasteiger charge is -2.26. The molecule has 29 heavy (non-hydrogen) atoms. The quantitative estimate of drug-likeness (QED) is 0.648. The number of halogens is 2. The summed E-state index contributed by atoms with van der Waals surface area (Å²) in [5.41, 5.74) is 5.49. The van der Waals surface area contributed by atoms with Gasteiger partial charge in [0, 0.05) is 23.0 Å². The Kier molecular flexibility index (Phi) is 6.14. The summed E-state index contributed by atoms with van der Waals surface area (Å²) in [6, 6.07) is 4.36. The molecule has 9 nitrogen and oxygen atoms in total. The minimum absolute atomic E-state index is 0.0702. The molecule has 11 heteroatoms. The van der Waals surface area contributed by atoms with Crippen molar-refractivity contribution < 1.29 is 23.5 Å². The zero-order valence-electron chi connectivity index (χ0n) is 15.3. The molecule has 1 fully saturated rings. The summed E-state index contributed by atoms with van der Waals surface area (Å²) < 4.78 is 26.0. The molecule has 1 aliphatic rings. The van der Waals surface area contributed by atoms with Crippen LogP contribution < -0.4 is 11.1 Å². The van der Waals surface area contributed by atoms with E-state index in [0.717, 1.165) is 13.2 Å². The summed E-state index contributed by atoms with van der Waals surface area (Å²) in [4.78, 5) is 23.5. The van der Waals surface area contributed by atoms with Crippen molar-refractivity contribution in [2.24, 2.45) is 11.7 Å². The molecule has 0 bridgehead atoms. The third-order valence-corrected chi connectivity index (χ3v) is 5.15. The number of nitrogens with one attached hydrogen (secondary N) is 1. The highest BCUT2D eigenvalue weighted by Crippen LogP contribution is 2.31. The number of carbonyl (C=O) groups is 2. The van der Waals surface area contributed by atoms with E-state index in [1.165, 1.54) is 16.9 Å². The number of primary amides is 1. The summed E-state index contributed by atoms with van der Waals surface area (Å²) in [7, 11) is 1.15. The topological polar surface area (TPSA) is 132 Å². The Morgan fingerprint density at radius 2 is 2.28 bits per heavy atom. The third-order valence-electron chi connectivity index (χ3n) is 4.52. The van der Waals surface area contributed by atoms with Crippen LogP contribution in [-0.4, -0.2) is 42.0 Å². The SMILES string of the molecule is COC(=O)c1c(F)cc(Nc2nn([C@@H]3COCC[C@H]3C#N)cc2C(N)=O)cc1Br. The highest BCUT2D eigenvalue weighted by molar-refractivity contribution is 9.10. The highest BCUT2D eigenvalue weighted by Gasteiger charge is 2.29. The van der Waals surface area contributed by atoms with Gasteiger partial charge in [0.05, 0.1) is 31.7 Å². The van der Waals surface area contributed by atoms with Gasteiger partial charge in [-0.1, -0.05) is 0 Å². The van der Waals surface area contributed by atoms with Gasteiger partial charge in [0.25, 0.3) is 5.91 Å². The Morgan fingerprint density at radius 1 is 1.52 bits per heavy atom. The van der Waals surface area contributed by atoms with Crippen LogP contribution in [0.15, 0.2) is 22.8 Å². The summed E-state index contributed by atoms with van der Waals surface area (Å²) in [6.45, 7) is 0.745. The van der Waals surface area contributed by atoms with Gasteiger partial charge in [0.1, 0.15) is 16.9 Å². The van der Waals surface area contributed by atoms with E-state index >= 15 is 0 Å². The van der Waals surface area contributed by atoms with Gasteiger partial charge in [-0.25, -0.2) is 9.18 Å². The summed E-state index contributed by atoms with van der Waals surface area (Å²) in [5, 5.41) is 16.5. The van der Waals surface area contributed by atoms with E-state index in [1.807, 2.05) is 0 Å². The van der Waals surface area contributed by atoms with Crippen LogP contribution in [-0.2, 0) is 9.47 Å². The lowest BCUT2D eigenvalue weighted by atomic mass is 9.97. The number of nitrogens with two attached hydrogens (primary N) is 1. The molecule has 0 spiro atoms. The molecule has 2 aromatic rings. The maximum Gasteiger partial charge on any atom is 0.342 e. The van der Waals surface area contributed by atoms with E-state index < -0.39 is 17.7 Å². The number of benzene rings is 1. The molecule has 0 unspecified atom stereocenters. The van der Waals surface area contributed by atoms with E-state index in [-0.39, 0.29) is 45.7 Å². The molecule has 1 aromatic carbocycles. The molecule has 0 radical (unpaired) electrons. The molecule has 1 saturated heterocycles. The highest BCUT2D eigenvalue weighted by atomic mass is 79.9. The lowest BCUT2D eigenvalue weighted by molar-refractivity contribution is 0.0342. The average molecular weight is 466 g/mol. The number of aromatic nitrogens is 2. The van der Waals surface area contributed by atoms with E-state index in [4.69, 9.17) is 10.5 Å². The standard InChI is InChI=1S/C18H17BrFN5O4/c1-28-18(27)15-12(19)4-10(5-13(15)20)23-17-11(16(22)26)7-25(24-17)14-8-29-3-2-9(14)6-21/h4-5,7,9,14H,2-3,8H2,1H3,(H2,22,26)(H,23,24)/t9-,14+/m0/s1. The minimum Gasteiger partial charge on any atom is -0.465 e. The van der Waals surface area contributed by atoms with Crippen molar-refractivity contribution >= 4 is 39.3 Å². The normalized spacial score (nSPS) is 18.7. The van der Waals surface area contributed by atoms with Gasteiger partial charge in [-0.15, -0.1) is 0 Å². The molecule has 3 N–H and O–H groups in total. The van der Waals surface area contributed by atoms with Gasteiger partial charge in [0.15, 0.2) is 5.82 Å². The molecular weight excluding hydrogens is 449 g/mol. The maximum atomic E-state index is 14.4. The first-order valence-corrected chi connectivity index (χ1v) is 9.35. The van der Waals surface area contributed by atoms with Crippen LogP contribution in [0.2, 0.25) is 0 Å². The van der Waals surface area contributed by atoms with Crippen molar-refractivity contribution in [1.29, 1.82) is 5.26 Å². The molecule has 1 aromatic heterocycles. The lowest BCUT2D eigenvalue weighted by Crippen LogP contribution is -2.29. The predicted octanol–water partition coefficient (Wildman–Crippen LogP) is 2.51. The van der Waals surface area contributed by atoms with Crippen LogP contribution in [0, 0.1) is 23.1 Å². The van der Waals surface area contributed by atoms with E-state index in [1.54, 1.807) is 0 Å². The Labute approximate surface area is 173 Å². The number of amides is 1. The van der Waals surface area contributed by atoms with Crippen LogP contribution in [0.5, 0.6) is 0 Å². The number of ether oxygens (including phenoxy) is 2. The number of nitrogens with zero attached hydrogens (tertiary/aromatic N) is 3. The first kappa shape index (κ1) is 20.8. The summed E-state index contributed by atoms with van der Waals surface area (Å²) in [5.74, 6) is -2.63. The van der Waals surface area contributed by atoms with Crippen LogP contribution in [0.4, 0.5) is 15.9 Å². The smallest absolute Gasteiger partial charge is 0.342 e. The largest absolute Gasteiger partial charge is 0.465 e. The number of anilines is 2. The fourth-order valence-corrected chi connectivity index (χ4v) is 3.65. The molecule has 152 valence electrons. The van der Waals surface area contributed by atoms with Crippen molar-refractivity contribution in [3.63, 3.8) is 0 Å². The fraction of sp³-hybridized carbons (Fsp3) is 0.333. The molecule has 2 heterocycles. The van der Waals surface area contributed by atoms with Gasteiger partial charge < -0.3 is 20.5 Å². The number of methoxy groups -OCH3 is 1. The number of esters is 1. The minimum atomic E-state index is -0.831. The Bertz CT molecular complexity index is 980. The van der Waals surface area contributed by atoms with Crippen molar-refractivity contribution in [3.05, 3.63) is 39.7 Å². The monoisotopic (exact) mass is 465 g/mol.